The fourth-order valence-electron chi connectivity index (χ4n) is 1.91. The molecular weight excluding hydrogens is 288 g/mol. The number of thioether (sulfide) groups is 1. The normalized spacial score (nSPS) is 12.2. The van der Waals surface area contributed by atoms with Gasteiger partial charge in [0.15, 0.2) is 0 Å². The first kappa shape index (κ1) is 17.5. The standard InChI is InChI=1S/C15H22N2O3S/c1-11(15(19)20)17(9-8-16-12(2)18)10-13-4-6-14(21-3)7-5-13/h4-7,11H,8-10H2,1-3H3,(H,16,18)(H,19,20). The van der Waals surface area contributed by atoms with Gasteiger partial charge in [0, 0.05) is 31.5 Å². The Bertz CT molecular complexity index is 476. The highest BCUT2D eigenvalue weighted by atomic mass is 32.2. The Morgan fingerprint density at radius 3 is 2.43 bits per heavy atom. The van der Waals surface area contributed by atoms with Gasteiger partial charge in [-0.15, -0.1) is 11.8 Å². The highest BCUT2D eigenvalue weighted by molar-refractivity contribution is 7.98. The summed E-state index contributed by atoms with van der Waals surface area (Å²) in [4.78, 5) is 25.1. The monoisotopic (exact) mass is 310 g/mol. The largest absolute Gasteiger partial charge is 0.480 e. The van der Waals surface area contributed by atoms with Gasteiger partial charge in [0.05, 0.1) is 0 Å². The molecule has 2 N–H and O–H groups in total. The fraction of sp³-hybridized carbons (Fsp3) is 0.467. The van der Waals surface area contributed by atoms with Crippen molar-refractivity contribution in [1.82, 2.24) is 10.2 Å². The van der Waals surface area contributed by atoms with Gasteiger partial charge in [0.25, 0.3) is 0 Å². The molecule has 1 unspecified atom stereocenters. The Balaban J connectivity index is 2.70. The molecule has 21 heavy (non-hydrogen) atoms. The molecule has 1 atom stereocenters. The Kier molecular flexibility index (Phi) is 7.25. The third-order valence-electron chi connectivity index (χ3n) is 3.22. The summed E-state index contributed by atoms with van der Waals surface area (Å²) in [6, 6.07) is 7.46. The number of nitrogens with one attached hydrogen (secondary N) is 1. The van der Waals surface area contributed by atoms with Crippen LogP contribution in [0.5, 0.6) is 0 Å². The molecule has 0 aliphatic carbocycles. The summed E-state index contributed by atoms with van der Waals surface area (Å²) >= 11 is 1.67. The quantitative estimate of drug-likeness (QED) is 0.717. The smallest absolute Gasteiger partial charge is 0.320 e. The molecule has 1 rings (SSSR count). The van der Waals surface area contributed by atoms with Crippen LogP contribution in [0.25, 0.3) is 0 Å². The van der Waals surface area contributed by atoms with E-state index < -0.39 is 12.0 Å². The highest BCUT2D eigenvalue weighted by Crippen LogP contribution is 2.16. The molecule has 0 fully saturated rings. The van der Waals surface area contributed by atoms with Crippen molar-refractivity contribution in [3.63, 3.8) is 0 Å². The van der Waals surface area contributed by atoms with Crippen LogP contribution in [0.15, 0.2) is 29.2 Å². The number of hydrogen-bond acceptors (Lipinski definition) is 4. The van der Waals surface area contributed by atoms with Crippen LogP contribution in [0.2, 0.25) is 0 Å². The zero-order valence-corrected chi connectivity index (χ0v) is 13.4. The number of carbonyl (C=O) groups excluding carboxylic acids is 1. The van der Waals surface area contributed by atoms with E-state index in [1.165, 1.54) is 11.8 Å². The Hall–Kier alpha value is -1.53. The maximum Gasteiger partial charge on any atom is 0.320 e. The molecule has 0 heterocycles. The lowest BCUT2D eigenvalue weighted by molar-refractivity contribution is -0.142. The first-order chi connectivity index (χ1) is 9.93. The summed E-state index contributed by atoms with van der Waals surface area (Å²) in [6.07, 6.45) is 2.02. The Morgan fingerprint density at radius 2 is 1.95 bits per heavy atom. The lowest BCUT2D eigenvalue weighted by Crippen LogP contribution is -2.42. The SMILES string of the molecule is CSc1ccc(CN(CCNC(C)=O)C(C)C(=O)O)cc1. The van der Waals surface area contributed by atoms with Crippen LogP contribution in [0.1, 0.15) is 19.4 Å². The second-order valence-electron chi connectivity index (χ2n) is 4.82. The number of aliphatic carboxylic acids is 1. The van der Waals surface area contributed by atoms with Crippen molar-refractivity contribution in [2.24, 2.45) is 0 Å². The second kappa shape index (κ2) is 8.69. The number of benzene rings is 1. The molecule has 0 spiro atoms. The van der Waals surface area contributed by atoms with E-state index in [1.807, 2.05) is 35.4 Å². The Labute approximate surface area is 129 Å². The van der Waals surface area contributed by atoms with Crippen molar-refractivity contribution in [3.05, 3.63) is 29.8 Å². The molecule has 1 aromatic carbocycles. The van der Waals surface area contributed by atoms with E-state index in [0.29, 0.717) is 19.6 Å². The van der Waals surface area contributed by atoms with E-state index in [2.05, 4.69) is 5.32 Å². The van der Waals surface area contributed by atoms with Crippen LogP contribution >= 0.6 is 11.8 Å². The number of carbonyl (C=O) groups is 2. The molecule has 0 bridgehead atoms. The van der Waals surface area contributed by atoms with E-state index in [4.69, 9.17) is 0 Å². The van der Waals surface area contributed by atoms with Crippen LogP contribution in [0.3, 0.4) is 0 Å². The van der Waals surface area contributed by atoms with Gasteiger partial charge in [-0.05, 0) is 30.9 Å². The van der Waals surface area contributed by atoms with E-state index in [0.717, 1.165) is 5.56 Å². The second-order valence-corrected chi connectivity index (χ2v) is 5.70. The van der Waals surface area contributed by atoms with Crippen molar-refractivity contribution in [3.8, 4) is 0 Å². The molecule has 116 valence electrons. The summed E-state index contributed by atoms with van der Waals surface area (Å²) in [5, 5.41) is 11.9. The summed E-state index contributed by atoms with van der Waals surface area (Å²) in [6.45, 7) is 4.59. The molecule has 0 aromatic heterocycles. The van der Waals surface area contributed by atoms with Crippen molar-refractivity contribution in [2.75, 3.05) is 19.3 Å². The minimum Gasteiger partial charge on any atom is -0.480 e. The average molecular weight is 310 g/mol. The number of carboxylic acid groups (broad SMARTS) is 1. The summed E-state index contributed by atoms with van der Waals surface area (Å²) in [5.41, 5.74) is 1.06. The predicted molar refractivity (Wildman–Crippen MR) is 84.4 cm³/mol. The van der Waals surface area contributed by atoms with Gasteiger partial charge >= 0.3 is 5.97 Å². The van der Waals surface area contributed by atoms with Crippen LogP contribution < -0.4 is 5.32 Å². The van der Waals surface area contributed by atoms with Crippen molar-refractivity contribution in [1.29, 1.82) is 0 Å². The summed E-state index contributed by atoms with van der Waals surface area (Å²) in [7, 11) is 0. The fourth-order valence-corrected chi connectivity index (χ4v) is 2.32. The molecule has 6 heteroatoms. The molecule has 0 saturated heterocycles. The van der Waals surface area contributed by atoms with Gasteiger partial charge in [-0.3, -0.25) is 14.5 Å². The van der Waals surface area contributed by atoms with Crippen LogP contribution in [0, 0.1) is 0 Å². The predicted octanol–water partition coefficient (Wildman–Crippen LogP) is 1.82. The topological polar surface area (TPSA) is 69.6 Å². The van der Waals surface area contributed by atoms with Crippen LogP contribution in [0.4, 0.5) is 0 Å². The minimum absolute atomic E-state index is 0.109. The van der Waals surface area contributed by atoms with E-state index in [-0.39, 0.29) is 5.91 Å². The van der Waals surface area contributed by atoms with E-state index in [1.54, 1.807) is 18.7 Å². The molecule has 5 nitrogen and oxygen atoms in total. The van der Waals surface area contributed by atoms with Gasteiger partial charge in [0.2, 0.25) is 5.91 Å². The molecule has 0 saturated carbocycles. The van der Waals surface area contributed by atoms with Crippen molar-refractivity contribution < 1.29 is 14.7 Å². The first-order valence-corrected chi connectivity index (χ1v) is 8.00. The third kappa shape index (κ3) is 6.18. The van der Waals surface area contributed by atoms with E-state index in [9.17, 15) is 14.7 Å². The van der Waals surface area contributed by atoms with Gasteiger partial charge in [-0.25, -0.2) is 0 Å². The number of carboxylic acids is 1. The lowest BCUT2D eigenvalue weighted by atomic mass is 10.2. The number of rotatable bonds is 8. The van der Waals surface area contributed by atoms with E-state index >= 15 is 0 Å². The van der Waals surface area contributed by atoms with Crippen LogP contribution in [-0.2, 0) is 16.1 Å². The number of amides is 1. The number of nitrogens with zero attached hydrogens (tertiary/aromatic N) is 1. The molecular formula is C15H22N2O3S. The zero-order valence-electron chi connectivity index (χ0n) is 12.6. The average Bonchev–Trinajstić information content (AvgIpc) is 2.45. The third-order valence-corrected chi connectivity index (χ3v) is 3.97. The van der Waals surface area contributed by atoms with Gasteiger partial charge < -0.3 is 10.4 Å². The molecule has 0 aliphatic heterocycles. The Morgan fingerprint density at radius 1 is 1.33 bits per heavy atom. The lowest BCUT2D eigenvalue weighted by Gasteiger charge is -2.26. The molecule has 1 amide bonds. The first-order valence-electron chi connectivity index (χ1n) is 6.78. The maximum atomic E-state index is 11.2. The minimum atomic E-state index is -0.862. The molecule has 0 aliphatic rings. The van der Waals surface area contributed by atoms with Gasteiger partial charge in [0.1, 0.15) is 6.04 Å². The van der Waals surface area contributed by atoms with Crippen molar-refractivity contribution in [2.45, 2.75) is 31.3 Å². The highest BCUT2D eigenvalue weighted by Gasteiger charge is 2.20. The molecule has 1 aromatic rings. The maximum absolute atomic E-state index is 11.2. The zero-order chi connectivity index (χ0) is 15.8. The van der Waals surface area contributed by atoms with Gasteiger partial charge in [-0.1, -0.05) is 12.1 Å². The van der Waals surface area contributed by atoms with Crippen LogP contribution in [-0.4, -0.2) is 47.3 Å². The van der Waals surface area contributed by atoms with Crippen molar-refractivity contribution >= 4 is 23.6 Å². The number of hydrogen-bond donors (Lipinski definition) is 2. The van der Waals surface area contributed by atoms with Gasteiger partial charge in [-0.2, -0.15) is 0 Å². The summed E-state index contributed by atoms with van der Waals surface area (Å²) < 4.78 is 0. The molecule has 0 radical (unpaired) electrons. The summed E-state index contributed by atoms with van der Waals surface area (Å²) in [5.74, 6) is -0.971.